The van der Waals surface area contributed by atoms with Gasteiger partial charge in [-0.1, -0.05) is 0 Å². The van der Waals surface area contributed by atoms with Gasteiger partial charge in [0.05, 0.1) is 5.51 Å². The van der Waals surface area contributed by atoms with Gasteiger partial charge >= 0.3 is 0 Å². The fourth-order valence-corrected chi connectivity index (χ4v) is 1.58. The molecule has 1 aliphatic rings. The summed E-state index contributed by atoms with van der Waals surface area (Å²) in [6.45, 7) is 1.92. The van der Waals surface area contributed by atoms with Crippen molar-refractivity contribution in [3.05, 3.63) is 16.1 Å². The molecule has 0 unspecified atom stereocenters. The number of hydrogen-bond acceptors (Lipinski definition) is 3. The van der Waals surface area contributed by atoms with Crippen LogP contribution in [0.1, 0.15) is 28.2 Å². The first-order valence-electron chi connectivity index (χ1n) is 3.98. The molecule has 0 atom stereocenters. The number of thiazole rings is 1. The first kappa shape index (κ1) is 7.73. The third kappa shape index (κ3) is 1.48. The first-order valence-corrected chi connectivity index (χ1v) is 4.86. The van der Waals surface area contributed by atoms with Gasteiger partial charge in [-0.25, -0.2) is 4.98 Å². The lowest BCUT2D eigenvalue weighted by molar-refractivity contribution is 0.0946. The Morgan fingerprint density at radius 1 is 1.75 bits per heavy atom. The molecular formula is C8H10N2OS. The molecule has 1 aromatic heterocycles. The number of hydrogen-bond donors (Lipinski definition) is 1. The predicted molar refractivity (Wildman–Crippen MR) is 47.3 cm³/mol. The maximum atomic E-state index is 11.4. The fraction of sp³-hybridized carbons (Fsp3) is 0.500. The molecule has 1 aromatic rings. The van der Waals surface area contributed by atoms with Gasteiger partial charge in [0, 0.05) is 10.9 Å². The van der Waals surface area contributed by atoms with Crippen molar-refractivity contribution < 1.29 is 4.79 Å². The van der Waals surface area contributed by atoms with Crippen LogP contribution < -0.4 is 5.32 Å². The van der Waals surface area contributed by atoms with Crippen LogP contribution in [0.4, 0.5) is 0 Å². The van der Waals surface area contributed by atoms with E-state index >= 15 is 0 Å². The van der Waals surface area contributed by atoms with E-state index in [9.17, 15) is 4.79 Å². The number of rotatable bonds is 2. The Morgan fingerprint density at radius 3 is 3.00 bits per heavy atom. The maximum absolute atomic E-state index is 11.4. The van der Waals surface area contributed by atoms with Crippen molar-refractivity contribution in [3.8, 4) is 0 Å². The molecule has 1 aliphatic carbocycles. The van der Waals surface area contributed by atoms with Crippen LogP contribution in [-0.4, -0.2) is 16.9 Å². The Morgan fingerprint density at radius 2 is 2.50 bits per heavy atom. The third-order valence-corrected chi connectivity index (χ3v) is 2.63. The zero-order valence-corrected chi connectivity index (χ0v) is 7.65. The number of nitrogens with one attached hydrogen (secondary N) is 1. The summed E-state index contributed by atoms with van der Waals surface area (Å²) >= 11 is 1.51. The number of nitrogens with zero attached hydrogens (tertiary/aromatic N) is 1. The lowest BCUT2D eigenvalue weighted by atomic mass is 10.3. The predicted octanol–water partition coefficient (Wildman–Crippen LogP) is 1.34. The summed E-state index contributed by atoms with van der Waals surface area (Å²) in [6.07, 6.45) is 2.24. The standard InChI is InChI=1S/C8H10N2OS/c1-5-7(9-4-12-5)8(11)10-6-2-3-6/h4,6H,2-3H2,1H3,(H,10,11). The highest BCUT2D eigenvalue weighted by Gasteiger charge is 2.25. The molecule has 1 N–H and O–H groups in total. The average molecular weight is 182 g/mol. The number of carbonyl (C=O) groups is 1. The largest absolute Gasteiger partial charge is 0.348 e. The topological polar surface area (TPSA) is 42.0 Å². The summed E-state index contributed by atoms with van der Waals surface area (Å²) in [5.74, 6) is -0.0174. The monoisotopic (exact) mass is 182 g/mol. The number of amides is 1. The van der Waals surface area contributed by atoms with Gasteiger partial charge in [0.15, 0.2) is 0 Å². The highest BCUT2D eigenvalue weighted by atomic mass is 32.1. The van der Waals surface area contributed by atoms with Gasteiger partial charge in [-0.15, -0.1) is 11.3 Å². The van der Waals surface area contributed by atoms with Gasteiger partial charge in [-0.05, 0) is 19.8 Å². The van der Waals surface area contributed by atoms with E-state index in [1.807, 2.05) is 6.92 Å². The van der Waals surface area contributed by atoms with E-state index in [-0.39, 0.29) is 5.91 Å². The van der Waals surface area contributed by atoms with E-state index in [4.69, 9.17) is 0 Å². The molecule has 0 saturated heterocycles. The van der Waals surface area contributed by atoms with Crippen molar-refractivity contribution in [2.75, 3.05) is 0 Å². The Balaban J connectivity index is 2.07. The van der Waals surface area contributed by atoms with E-state index in [2.05, 4.69) is 10.3 Å². The smallest absolute Gasteiger partial charge is 0.271 e. The molecular weight excluding hydrogens is 172 g/mol. The number of carbonyl (C=O) groups excluding carboxylic acids is 1. The van der Waals surface area contributed by atoms with Crippen molar-refractivity contribution in [2.24, 2.45) is 0 Å². The molecule has 4 heteroatoms. The number of aromatic nitrogens is 1. The van der Waals surface area contributed by atoms with E-state index in [1.54, 1.807) is 5.51 Å². The van der Waals surface area contributed by atoms with Gasteiger partial charge < -0.3 is 5.32 Å². The van der Waals surface area contributed by atoms with Crippen LogP contribution >= 0.6 is 11.3 Å². The van der Waals surface area contributed by atoms with Crippen molar-refractivity contribution in [2.45, 2.75) is 25.8 Å². The Labute approximate surface area is 74.8 Å². The molecule has 1 amide bonds. The molecule has 64 valence electrons. The second-order valence-electron chi connectivity index (χ2n) is 3.00. The SMILES string of the molecule is Cc1scnc1C(=O)NC1CC1. The second kappa shape index (κ2) is 2.86. The van der Waals surface area contributed by atoms with E-state index < -0.39 is 0 Å². The minimum absolute atomic E-state index is 0.0174. The summed E-state index contributed by atoms with van der Waals surface area (Å²) in [6, 6.07) is 0.415. The Kier molecular flexibility index (Phi) is 1.84. The lowest BCUT2D eigenvalue weighted by Crippen LogP contribution is -2.26. The third-order valence-electron chi connectivity index (χ3n) is 1.87. The quantitative estimate of drug-likeness (QED) is 0.750. The van der Waals surface area contributed by atoms with Crippen molar-refractivity contribution in [1.82, 2.24) is 10.3 Å². The second-order valence-corrected chi connectivity index (χ2v) is 4.06. The minimum atomic E-state index is -0.0174. The van der Waals surface area contributed by atoms with Crippen molar-refractivity contribution in [3.63, 3.8) is 0 Å². The normalized spacial score (nSPS) is 16.1. The summed E-state index contributed by atoms with van der Waals surface area (Å²) in [7, 11) is 0. The summed E-state index contributed by atoms with van der Waals surface area (Å²) < 4.78 is 0. The highest BCUT2D eigenvalue weighted by molar-refractivity contribution is 7.09. The molecule has 0 bridgehead atoms. The molecule has 12 heavy (non-hydrogen) atoms. The minimum Gasteiger partial charge on any atom is -0.348 e. The summed E-state index contributed by atoms with van der Waals surface area (Å²) in [5, 5.41) is 2.90. The maximum Gasteiger partial charge on any atom is 0.271 e. The zero-order valence-electron chi connectivity index (χ0n) is 6.83. The molecule has 3 nitrogen and oxygen atoms in total. The molecule has 1 fully saturated rings. The van der Waals surface area contributed by atoms with Crippen molar-refractivity contribution >= 4 is 17.2 Å². The number of aryl methyl sites for hydroxylation is 1. The van der Waals surface area contributed by atoms with Gasteiger partial charge in [-0.2, -0.15) is 0 Å². The zero-order chi connectivity index (χ0) is 8.55. The lowest BCUT2D eigenvalue weighted by Gasteiger charge is -1.99. The van der Waals surface area contributed by atoms with Crippen LogP contribution in [0.15, 0.2) is 5.51 Å². The first-order chi connectivity index (χ1) is 5.77. The Hall–Kier alpha value is -0.900. The van der Waals surface area contributed by atoms with Gasteiger partial charge in [-0.3, -0.25) is 4.79 Å². The van der Waals surface area contributed by atoms with Crippen LogP contribution in [0.2, 0.25) is 0 Å². The molecule has 0 aliphatic heterocycles. The highest BCUT2D eigenvalue weighted by Crippen LogP contribution is 2.20. The molecule has 0 spiro atoms. The van der Waals surface area contributed by atoms with Gasteiger partial charge in [0.25, 0.3) is 5.91 Å². The van der Waals surface area contributed by atoms with Crippen molar-refractivity contribution in [1.29, 1.82) is 0 Å². The van der Waals surface area contributed by atoms with Crippen LogP contribution in [0, 0.1) is 6.92 Å². The van der Waals surface area contributed by atoms with E-state index in [0.29, 0.717) is 11.7 Å². The molecule has 1 heterocycles. The van der Waals surface area contributed by atoms with Gasteiger partial charge in [0.1, 0.15) is 5.69 Å². The van der Waals surface area contributed by atoms with Crippen LogP contribution in [0.3, 0.4) is 0 Å². The summed E-state index contributed by atoms with van der Waals surface area (Å²) in [4.78, 5) is 16.4. The Bertz CT molecular complexity index is 304. The summed E-state index contributed by atoms with van der Waals surface area (Å²) in [5.41, 5.74) is 2.30. The van der Waals surface area contributed by atoms with E-state index in [0.717, 1.165) is 17.7 Å². The fourth-order valence-electron chi connectivity index (χ4n) is 1.00. The average Bonchev–Trinajstić information content (AvgIpc) is 2.72. The molecule has 0 aromatic carbocycles. The van der Waals surface area contributed by atoms with Crippen LogP contribution in [-0.2, 0) is 0 Å². The molecule has 0 radical (unpaired) electrons. The van der Waals surface area contributed by atoms with E-state index in [1.165, 1.54) is 11.3 Å². The van der Waals surface area contributed by atoms with Crippen LogP contribution in [0.5, 0.6) is 0 Å². The van der Waals surface area contributed by atoms with Crippen LogP contribution in [0.25, 0.3) is 0 Å². The molecule has 1 saturated carbocycles. The van der Waals surface area contributed by atoms with Gasteiger partial charge in [0.2, 0.25) is 0 Å². The molecule has 2 rings (SSSR count).